The molecule has 0 saturated heterocycles. The van der Waals surface area contributed by atoms with Crippen molar-refractivity contribution in [3.8, 4) is 0 Å². The van der Waals surface area contributed by atoms with E-state index in [2.05, 4.69) is 33.9 Å². The van der Waals surface area contributed by atoms with Gasteiger partial charge in [-0.15, -0.1) is 0 Å². The number of para-hydroxylation sites is 1. The van der Waals surface area contributed by atoms with Crippen LogP contribution in [0, 0.1) is 0 Å². The van der Waals surface area contributed by atoms with E-state index in [0.717, 1.165) is 18.8 Å². The number of benzene rings is 1. The summed E-state index contributed by atoms with van der Waals surface area (Å²) in [5.74, 6) is 0. The third-order valence-corrected chi connectivity index (χ3v) is 2.72. The van der Waals surface area contributed by atoms with Crippen molar-refractivity contribution in [1.82, 2.24) is 9.97 Å². The highest BCUT2D eigenvalue weighted by molar-refractivity contribution is 6.29. The number of rotatable bonds is 4. The molecule has 0 bridgehead atoms. The quantitative estimate of drug-likeness (QED) is 0.831. The van der Waals surface area contributed by atoms with E-state index in [1.807, 2.05) is 18.2 Å². The van der Waals surface area contributed by atoms with Crippen LogP contribution in [0.25, 0.3) is 0 Å². The van der Waals surface area contributed by atoms with Crippen molar-refractivity contribution in [2.75, 3.05) is 11.4 Å². The lowest BCUT2D eigenvalue weighted by atomic mass is 10.2. The van der Waals surface area contributed by atoms with E-state index in [1.54, 1.807) is 12.4 Å². The van der Waals surface area contributed by atoms with Gasteiger partial charge in [-0.2, -0.15) is 0 Å². The summed E-state index contributed by atoms with van der Waals surface area (Å²) in [7, 11) is 0. The van der Waals surface area contributed by atoms with Crippen LogP contribution in [0.15, 0.2) is 42.7 Å². The first-order chi connectivity index (χ1) is 8.29. The normalized spacial score (nSPS) is 10.2. The molecule has 3 nitrogen and oxygen atoms in total. The molecule has 4 heteroatoms. The maximum absolute atomic E-state index is 5.71. The fourth-order valence-corrected chi connectivity index (χ4v) is 1.74. The number of aromatic nitrogens is 2. The molecule has 0 saturated carbocycles. The van der Waals surface area contributed by atoms with Gasteiger partial charge in [0.25, 0.3) is 0 Å². The zero-order chi connectivity index (χ0) is 12.1. The van der Waals surface area contributed by atoms with Crippen LogP contribution >= 0.6 is 11.6 Å². The Morgan fingerprint density at radius 2 is 1.88 bits per heavy atom. The molecule has 0 atom stereocenters. The Balaban J connectivity index is 2.13. The molecule has 2 aromatic rings. The molecule has 0 aliphatic rings. The molecule has 0 spiro atoms. The van der Waals surface area contributed by atoms with Crippen LogP contribution in [0.5, 0.6) is 0 Å². The highest BCUT2D eigenvalue weighted by atomic mass is 35.5. The summed E-state index contributed by atoms with van der Waals surface area (Å²) < 4.78 is 0. The Hall–Kier alpha value is -1.61. The minimum absolute atomic E-state index is 0.427. The summed E-state index contributed by atoms with van der Waals surface area (Å²) in [6.45, 7) is 3.79. The number of hydrogen-bond acceptors (Lipinski definition) is 3. The molecule has 1 aromatic heterocycles. The maximum atomic E-state index is 5.71. The second-order valence-corrected chi connectivity index (χ2v) is 4.07. The summed E-state index contributed by atoms with van der Waals surface area (Å²) >= 11 is 5.71. The maximum Gasteiger partial charge on any atom is 0.147 e. The molecule has 0 radical (unpaired) electrons. The number of hydrogen-bond donors (Lipinski definition) is 0. The van der Waals surface area contributed by atoms with Crippen LogP contribution < -0.4 is 4.90 Å². The van der Waals surface area contributed by atoms with Crippen LogP contribution in [-0.2, 0) is 6.54 Å². The first-order valence-electron chi connectivity index (χ1n) is 5.56. The lowest BCUT2D eigenvalue weighted by Crippen LogP contribution is -2.22. The van der Waals surface area contributed by atoms with E-state index < -0.39 is 0 Å². The Bertz CT molecular complexity index is 456. The van der Waals surface area contributed by atoms with Gasteiger partial charge in [0.15, 0.2) is 0 Å². The Kier molecular flexibility index (Phi) is 3.94. The first-order valence-corrected chi connectivity index (χ1v) is 5.94. The van der Waals surface area contributed by atoms with Gasteiger partial charge >= 0.3 is 0 Å². The molecule has 0 aliphatic carbocycles. The van der Waals surface area contributed by atoms with E-state index in [0.29, 0.717) is 5.15 Å². The minimum Gasteiger partial charge on any atom is -0.366 e. The fraction of sp³-hybridized carbons (Fsp3) is 0.231. The molecular formula is C13H14ClN3. The molecule has 0 fully saturated rings. The van der Waals surface area contributed by atoms with Crippen molar-refractivity contribution >= 4 is 17.3 Å². The summed E-state index contributed by atoms with van der Waals surface area (Å²) in [5.41, 5.74) is 2.10. The Morgan fingerprint density at radius 1 is 1.12 bits per heavy atom. The predicted octanol–water partition coefficient (Wildman–Crippen LogP) is 3.16. The van der Waals surface area contributed by atoms with E-state index in [9.17, 15) is 0 Å². The SMILES string of the molecule is CCN(Cc1cnc(Cl)cn1)c1ccccc1. The van der Waals surface area contributed by atoms with Gasteiger partial charge in [-0.25, -0.2) is 4.98 Å². The summed E-state index contributed by atoms with van der Waals surface area (Å²) in [6, 6.07) is 10.3. The van der Waals surface area contributed by atoms with E-state index >= 15 is 0 Å². The van der Waals surface area contributed by atoms with Gasteiger partial charge in [0.05, 0.1) is 24.6 Å². The molecule has 88 valence electrons. The van der Waals surface area contributed by atoms with Gasteiger partial charge in [-0.3, -0.25) is 4.98 Å². The molecule has 0 aliphatic heterocycles. The molecule has 17 heavy (non-hydrogen) atoms. The highest BCUT2D eigenvalue weighted by Crippen LogP contribution is 2.15. The van der Waals surface area contributed by atoms with Crippen molar-refractivity contribution in [2.24, 2.45) is 0 Å². The molecule has 0 amide bonds. The average molecular weight is 248 g/mol. The third kappa shape index (κ3) is 3.17. The Labute approximate surface area is 106 Å². The standard InChI is InChI=1S/C13H14ClN3/c1-2-17(12-6-4-3-5-7-12)10-11-8-16-13(14)9-15-11/h3-9H,2,10H2,1H3. The molecular weight excluding hydrogens is 234 g/mol. The monoisotopic (exact) mass is 247 g/mol. The van der Waals surface area contributed by atoms with Crippen LogP contribution in [0.1, 0.15) is 12.6 Å². The Morgan fingerprint density at radius 3 is 2.47 bits per heavy atom. The molecule has 1 aromatic carbocycles. The van der Waals surface area contributed by atoms with Crippen molar-refractivity contribution in [2.45, 2.75) is 13.5 Å². The second-order valence-electron chi connectivity index (χ2n) is 3.68. The van der Waals surface area contributed by atoms with Crippen molar-refractivity contribution in [3.63, 3.8) is 0 Å². The average Bonchev–Trinajstić information content (AvgIpc) is 2.39. The third-order valence-electron chi connectivity index (χ3n) is 2.53. The zero-order valence-corrected chi connectivity index (χ0v) is 10.4. The van der Waals surface area contributed by atoms with E-state index in [4.69, 9.17) is 11.6 Å². The van der Waals surface area contributed by atoms with Crippen molar-refractivity contribution < 1.29 is 0 Å². The van der Waals surface area contributed by atoms with Gasteiger partial charge < -0.3 is 4.90 Å². The van der Waals surface area contributed by atoms with Gasteiger partial charge in [0.1, 0.15) is 5.15 Å². The largest absolute Gasteiger partial charge is 0.366 e. The highest BCUT2D eigenvalue weighted by Gasteiger charge is 2.05. The lowest BCUT2D eigenvalue weighted by Gasteiger charge is -2.22. The second kappa shape index (κ2) is 5.64. The fourth-order valence-electron chi connectivity index (χ4n) is 1.64. The number of halogens is 1. The predicted molar refractivity (Wildman–Crippen MR) is 70.2 cm³/mol. The van der Waals surface area contributed by atoms with Crippen LogP contribution in [0.4, 0.5) is 5.69 Å². The summed E-state index contributed by atoms with van der Waals surface area (Å²) in [5, 5.41) is 0.427. The molecule has 2 rings (SSSR count). The topological polar surface area (TPSA) is 29.0 Å². The van der Waals surface area contributed by atoms with Crippen LogP contribution in [0.3, 0.4) is 0 Å². The van der Waals surface area contributed by atoms with Crippen molar-refractivity contribution in [1.29, 1.82) is 0 Å². The smallest absolute Gasteiger partial charge is 0.147 e. The van der Waals surface area contributed by atoms with Gasteiger partial charge in [-0.1, -0.05) is 29.8 Å². The zero-order valence-electron chi connectivity index (χ0n) is 9.68. The summed E-state index contributed by atoms with van der Waals surface area (Å²) in [6.07, 6.45) is 3.30. The van der Waals surface area contributed by atoms with Gasteiger partial charge in [0, 0.05) is 12.2 Å². The van der Waals surface area contributed by atoms with Gasteiger partial charge in [0.2, 0.25) is 0 Å². The lowest BCUT2D eigenvalue weighted by molar-refractivity contribution is 0.803. The molecule has 0 unspecified atom stereocenters. The van der Waals surface area contributed by atoms with E-state index in [-0.39, 0.29) is 0 Å². The number of nitrogens with zero attached hydrogens (tertiary/aromatic N) is 3. The van der Waals surface area contributed by atoms with Crippen LogP contribution in [-0.4, -0.2) is 16.5 Å². The van der Waals surface area contributed by atoms with Crippen molar-refractivity contribution in [3.05, 3.63) is 53.6 Å². The summed E-state index contributed by atoms with van der Waals surface area (Å²) in [4.78, 5) is 10.5. The van der Waals surface area contributed by atoms with E-state index in [1.165, 1.54) is 5.69 Å². The van der Waals surface area contributed by atoms with Gasteiger partial charge in [-0.05, 0) is 19.1 Å². The molecule has 1 heterocycles. The number of anilines is 1. The van der Waals surface area contributed by atoms with Crippen LogP contribution in [0.2, 0.25) is 5.15 Å². The first kappa shape index (κ1) is 11.9. The molecule has 0 N–H and O–H groups in total. The minimum atomic E-state index is 0.427.